The van der Waals surface area contributed by atoms with Gasteiger partial charge in [-0.15, -0.1) is 11.3 Å². The highest BCUT2D eigenvalue weighted by molar-refractivity contribution is 7.80. The molecule has 5 heteroatoms. The minimum absolute atomic E-state index is 0.478. The van der Waals surface area contributed by atoms with Crippen molar-refractivity contribution in [3.05, 3.63) is 65.5 Å². The summed E-state index contributed by atoms with van der Waals surface area (Å²) in [6.07, 6.45) is 0. The van der Waals surface area contributed by atoms with Crippen molar-refractivity contribution in [3.63, 3.8) is 0 Å². The summed E-state index contributed by atoms with van der Waals surface area (Å²) in [7, 11) is 0. The molecule has 0 aliphatic rings. The number of rotatable bonds is 3. The molecule has 2 N–H and O–H groups in total. The Hall–Kier alpha value is -2.24. The van der Waals surface area contributed by atoms with Gasteiger partial charge in [-0.1, -0.05) is 36.4 Å². The predicted molar refractivity (Wildman–Crippen MR) is 99.8 cm³/mol. The van der Waals surface area contributed by atoms with Crippen molar-refractivity contribution < 1.29 is 0 Å². The van der Waals surface area contributed by atoms with Gasteiger partial charge in [-0.3, -0.25) is 5.43 Å². The number of benzene rings is 2. The highest BCUT2D eigenvalue weighted by Gasteiger charge is 2.04. The van der Waals surface area contributed by atoms with Crippen molar-refractivity contribution in [2.75, 3.05) is 5.32 Å². The van der Waals surface area contributed by atoms with Crippen molar-refractivity contribution in [1.29, 1.82) is 0 Å². The third-order valence-corrected chi connectivity index (χ3v) is 4.56. The quantitative estimate of drug-likeness (QED) is 0.419. The third-order valence-electron chi connectivity index (χ3n) is 3.14. The zero-order valence-electron chi connectivity index (χ0n) is 12.0. The molecule has 2 aromatic carbocycles. The fraction of sp³-hybridized carbons (Fsp3) is 0.0588. The van der Waals surface area contributed by atoms with Gasteiger partial charge in [0.05, 0.1) is 10.6 Å². The largest absolute Gasteiger partial charge is 0.331 e. The standard InChI is InChI=1S/C17H15N3S2/c1-12(16-11-13-7-5-6-10-15(13)22-16)19-20-17(21)18-14-8-3-2-4-9-14/h2-11H,1H3,(H2,18,20,21)/b19-12-. The van der Waals surface area contributed by atoms with Gasteiger partial charge in [-0.05, 0) is 48.8 Å². The molecule has 0 saturated carbocycles. The molecule has 0 atom stereocenters. The number of hydrogen-bond donors (Lipinski definition) is 2. The van der Waals surface area contributed by atoms with Crippen LogP contribution in [-0.4, -0.2) is 10.8 Å². The molecule has 0 aliphatic heterocycles. The number of thiophene rings is 1. The Kier molecular flexibility index (Phi) is 4.46. The number of anilines is 1. The van der Waals surface area contributed by atoms with Crippen LogP contribution in [0, 0.1) is 0 Å². The van der Waals surface area contributed by atoms with Gasteiger partial charge in [-0.2, -0.15) is 5.10 Å². The number of thiocarbonyl (C=S) groups is 1. The van der Waals surface area contributed by atoms with Gasteiger partial charge in [-0.25, -0.2) is 0 Å². The molecule has 3 aromatic rings. The summed E-state index contributed by atoms with van der Waals surface area (Å²) in [5.74, 6) is 0. The second kappa shape index (κ2) is 6.68. The first-order valence-electron chi connectivity index (χ1n) is 6.87. The van der Waals surface area contributed by atoms with E-state index in [1.807, 2.05) is 49.4 Å². The lowest BCUT2D eigenvalue weighted by molar-refractivity contribution is 1.04. The number of nitrogens with one attached hydrogen (secondary N) is 2. The van der Waals surface area contributed by atoms with E-state index in [1.165, 1.54) is 10.1 Å². The second-order valence-electron chi connectivity index (χ2n) is 4.78. The Balaban J connectivity index is 1.68. The van der Waals surface area contributed by atoms with Crippen LogP contribution in [0.5, 0.6) is 0 Å². The first-order valence-corrected chi connectivity index (χ1v) is 8.10. The summed E-state index contributed by atoms with van der Waals surface area (Å²) in [5, 5.41) is 9.17. The molecular weight excluding hydrogens is 310 g/mol. The zero-order chi connectivity index (χ0) is 15.4. The summed E-state index contributed by atoms with van der Waals surface area (Å²) < 4.78 is 1.26. The van der Waals surface area contributed by atoms with E-state index < -0.39 is 0 Å². The molecule has 0 radical (unpaired) electrons. The number of fused-ring (bicyclic) bond motifs is 1. The van der Waals surface area contributed by atoms with E-state index in [2.05, 4.69) is 34.0 Å². The Bertz CT molecular complexity index is 789. The Labute approximate surface area is 138 Å². The second-order valence-corrected chi connectivity index (χ2v) is 6.27. The van der Waals surface area contributed by atoms with Crippen molar-refractivity contribution in [2.45, 2.75) is 6.92 Å². The van der Waals surface area contributed by atoms with Crippen LogP contribution in [0.3, 0.4) is 0 Å². The van der Waals surface area contributed by atoms with E-state index in [9.17, 15) is 0 Å². The van der Waals surface area contributed by atoms with E-state index in [0.29, 0.717) is 5.11 Å². The first-order chi connectivity index (χ1) is 10.7. The molecule has 0 spiro atoms. The monoisotopic (exact) mass is 325 g/mol. The Morgan fingerprint density at radius 3 is 2.55 bits per heavy atom. The molecule has 0 bridgehead atoms. The van der Waals surface area contributed by atoms with E-state index in [4.69, 9.17) is 12.2 Å². The molecule has 3 rings (SSSR count). The van der Waals surface area contributed by atoms with Gasteiger partial charge in [0.1, 0.15) is 0 Å². The van der Waals surface area contributed by atoms with Gasteiger partial charge in [0.15, 0.2) is 5.11 Å². The van der Waals surface area contributed by atoms with E-state index in [1.54, 1.807) is 11.3 Å². The third kappa shape index (κ3) is 3.50. The predicted octanol–water partition coefficient (Wildman–Crippen LogP) is 4.61. The fourth-order valence-electron chi connectivity index (χ4n) is 2.03. The van der Waals surface area contributed by atoms with E-state index in [-0.39, 0.29) is 0 Å². The lowest BCUT2D eigenvalue weighted by Crippen LogP contribution is -2.24. The molecule has 1 aromatic heterocycles. The van der Waals surface area contributed by atoms with Crippen LogP contribution in [-0.2, 0) is 0 Å². The van der Waals surface area contributed by atoms with Crippen LogP contribution >= 0.6 is 23.6 Å². The van der Waals surface area contributed by atoms with Gasteiger partial charge in [0.2, 0.25) is 0 Å². The van der Waals surface area contributed by atoms with Crippen molar-refractivity contribution in [2.24, 2.45) is 5.10 Å². The Morgan fingerprint density at radius 2 is 1.77 bits per heavy atom. The van der Waals surface area contributed by atoms with Crippen LogP contribution in [0.25, 0.3) is 10.1 Å². The SMILES string of the molecule is C/C(=N/NC(=S)Nc1ccccc1)c1cc2ccccc2s1. The number of hydrogen-bond acceptors (Lipinski definition) is 3. The van der Waals surface area contributed by atoms with Gasteiger partial charge in [0, 0.05) is 10.4 Å². The highest BCUT2D eigenvalue weighted by atomic mass is 32.1. The molecule has 0 amide bonds. The smallest absolute Gasteiger partial charge is 0.191 e. The molecular formula is C17H15N3S2. The molecule has 0 aliphatic carbocycles. The zero-order valence-corrected chi connectivity index (χ0v) is 13.7. The van der Waals surface area contributed by atoms with Crippen molar-refractivity contribution >= 4 is 50.2 Å². The number of nitrogens with zero attached hydrogens (tertiary/aromatic N) is 1. The maximum absolute atomic E-state index is 5.24. The molecule has 0 unspecified atom stereocenters. The van der Waals surface area contributed by atoms with Crippen LogP contribution in [0.1, 0.15) is 11.8 Å². The minimum atomic E-state index is 0.478. The lowest BCUT2D eigenvalue weighted by atomic mass is 10.2. The summed E-state index contributed by atoms with van der Waals surface area (Å²) in [6, 6.07) is 20.2. The summed E-state index contributed by atoms with van der Waals surface area (Å²) in [4.78, 5) is 1.14. The average Bonchev–Trinajstić information content (AvgIpc) is 2.98. The van der Waals surface area contributed by atoms with Crippen LogP contribution in [0.15, 0.2) is 65.8 Å². The van der Waals surface area contributed by atoms with Crippen molar-refractivity contribution in [3.8, 4) is 0 Å². The molecule has 22 heavy (non-hydrogen) atoms. The average molecular weight is 325 g/mol. The van der Waals surface area contributed by atoms with Crippen LogP contribution < -0.4 is 10.7 Å². The first kappa shape index (κ1) is 14.7. The normalized spacial score (nSPS) is 11.4. The molecule has 0 saturated heterocycles. The number of para-hydroxylation sites is 1. The maximum Gasteiger partial charge on any atom is 0.191 e. The maximum atomic E-state index is 5.24. The van der Waals surface area contributed by atoms with Gasteiger partial charge < -0.3 is 5.32 Å². The molecule has 110 valence electrons. The van der Waals surface area contributed by atoms with Gasteiger partial charge >= 0.3 is 0 Å². The van der Waals surface area contributed by atoms with Crippen LogP contribution in [0.4, 0.5) is 5.69 Å². The summed E-state index contributed by atoms with van der Waals surface area (Å²) >= 11 is 6.97. The molecule has 1 heterocycles. The van der Waals surface area contributed by atoms with Crippen LogP contribution in [0.2, 0.25) is 0 Å². The van der Waals surface area contributed by atoms with E-state index in [0.717, 1.165) is 16.3 Å². The molecule has 0 fully saturated rings. The van der Waals surface area contributed by atoms with Crippen molar-refractivity contribution in [1.82, 2.24) is 5.43 Å². The summed E-state index contributed by atoms with van der Waals surface area (Å²) in [6.45, 7) is 1.98. The lowest BCUT2D eigenvalue weighted by Gasteiger charge is -2.07. The van der Waals surface area contributed by atoms with Gasteiger partial charge in [0.25, 0.3) is 0 Å². The minimum Gasteiger partial charge on any atom is -0.331 e. The highest BCUT2D eigenvalue weighted by Crippen LogP contribution is 2.25. The summed E-state index contributed by atoms with van der Waals surface area (Å²) in [5.41, 5.74) is 4.74. The Morgan fingerprint density at radius 1 is 1.05 bits per heavy atom. The number of hydrazone groups is 1. The van der Waals surface area contributed by atoms with E-state index >= 15 is 0 Å². The fourth-order valence-corrected chi connectivity index (χ4v) is 3.20. The topological polar surface area (TPSA) is 36.4 Å². The molecule has 3 nitrogen and oxygen atoms in total.